The highest BCUT2D eigenvalue weighted by molar-refractivity contribution is 14.1. The molecule has 3 aliphatic rings. The molecule has 1 saturated heterocycles. The third-order valence-corrected chi connectivity index (χ3v) is 7.94. The van der Waals surface area contributed by atoms with Crippen LogP contribution in [-0.2, 0) is 16.2 Å². The standard InChI is InChI=1S/C23H17ClI2N2O3/c24-16-5-1-12(2-6-16)11-31-21-17(25)7-13(8-18(21)26)10-27-28-22(29)19-14-3-4-15(9-14)20(19)23(28)30/h1-8,10,14-15,19-20H,9,11H2/b27-10-/t14-,15-,19-,20-/m0/s1. The van der Waals surface area contributed by atoms with E-state index in [1.165, 1.54) is 0 Å². The lowest BCUT2D eigenvalue weighted by molar-refractivity contribution is -0.140. The van der Waals surface area contributed by atoms with Crippen molar-refractivity contribution in [3.63, 3.8) is 0 Å². The topological polar surface area (TPSA) is 59.0 Å². The number of hydrazone groups is 1. The van der Waals surface area contributed by atoms with E-state index in [4.69, 9.17) is 16.3 Å². The summed E-state index contributed by atoms with van der Waals surface area (Å²) in [6.45, 7) is 0.437. The van der Waals surface area contributed by atoms with Gasteiger partial charge in [0.2, 0.25) is 0 Å². The summed E-state index contributed by atoms with van der Waals surface area (Å²) < 4.78 is 7.87. The molecule has 158 valence electrons. The van der Waals surface area contributed by atoms with Crippen molar-refractivity contribution in [1.29, 1.82) is 0 Å². The molecule has 0 radical (unpaired) electrons. The molecule has 5 rings (SSSR count). The van der Waals surface area contributed by atoms with E-state index in [9.17, 15) is 9.59 Å². The van der Waals surface area contributed by atoms with Crippen molar-refractivity contribution in [2.75, 3.05) is 0 Å². The van der Waals surface area contributed by atoms with Gasteiger partial charge < -0.3 is 4.74 Å². The van der Waals surface area contributed by atoms with Crippen LogP contribution in [0.25, 0.3) is 0 Å². The van der Waals surface area contributed by atoms with Crippen molar-refractivity contribution in [3.8, 4) is 5.75 Å². The van der Waals surface area contributed by atoms with Crippen LogP contribution < -0.4 is 4.74 Å². The molecule has 0 unspecified atom stereocenters. The van der Waals surface area contributed by atoms with Crippen LogP contribution in [0.3, 0.4) is 0 Å². The number of fused-ring (bicyclic) bond motifs is 5. The van der Waals surface area contributed by atoms with Crippen LogP contribution in [0.4, 0.5) is 0 Å². The number of amides is 2. The average Bonchev–Trinajstić information content (AvgIpc) is 3.42. The Labute approximate surface area is 212 Å². The Bertz CT molecular complexity index is 1080. The molecule has 2 aromatic carbocycles. The zero-order chi connectivity index (χ0) is 21.7. The smallest absolute Gasteiger partial charge is 0.254 e. The molecular formula is C23H17ClI2N2O3. The highest BCUT2D eigenvalue weighted by Crippen LogP contribution is 2.52. The summed E-state index contributed by atoms with van der Waals surface area (Å²) in [5.74, 6) is 0.355. The molecule has 8 heteroatoms. The molecule has 5 nitrogen and oxygen atoms in total. The van der Waals surface area contributed by atoms with Crippen LogP contribution >= 0.6 is 56.8 Å². The Hall–Kier alpha value is -1.46. The SMILES string of the molecule is O=C1[C@@H]2[C@@H](C(=O)N1/N=C\c1cc(I)c(OCc3ccc(Cl)cc3)c(I)c1)[C@H]1C=C[C@H]2C1. The Kier molecular flexibility index (Phi) is 5.85. The van der Waals surface area contributed by atoms with E-state index in [1.54, 1.807) is 6.21 Å². The van der Waals surface area contributed by atoms with E-state index in [2.05, 4.69) is 62.4 Å². The largest absolute Gasteiger partial charge is 0.487 e. The molecule has 31 heavy (non-hydrogen) atoms. The average molecular weight is 659 g/mol. The fraction of sp³-hybridized carbons (Fsp3) is 0.261. The second-order valence-corrected chi connectivity index (χ2v) is 10.7. The predicted octanol–water partition coefficient (Wildman–Crippen LogP) is 5.27. The van der Waals surface area contributed by atoms with Gasteiger partial charge in [-0.05, 0) is 98.8 Å². The minimum atomic E-state index is -0.233. The van der Waals surface area contributed by atoms with Crippen LogP contribution in [0.1, 0.15) is 17.5 Å². The van der Waals surface area contributed by atoms with Gasteiger partial charge in [-0.15, -0.1) is 0 Å². The third kappa shape index (κ3) is 3.93. The number of carbonyl (C=O) groups is 2. The molecule has 0 aromatic heterocycles. The van der Waals surface area contributed by atoms with Crippen LogP contribution in [0.5, 0.6) is 5.75 Å². The highest BCUT2D eigenvalue weighted by atomic mass is 127. The number of benzene rings is 2. The highest BCUT2D eigenvalue weighted by Gasteiger charge is 2.59. The van der Waals surface area contributed by atoms with Crippen molar-refractivity contribution in [1.82, 2.24) is 5.01 Å². The predicted molar refractivity (Wildman–Crippen MR) is 135 cm³/mol. The summed E-state index contributed by atoms with van der Waals surface area (Å²) in [7, 11) is 0. The van der Waals surface area contributed by atoms with Gasteiger partial charge in [-0.25, -0.2) is 0 Å². The lowest BCUT2D eigenvalue weighted by Gasteiger charge is -2.13. The molecule has 0 N–H and O–H groups in total. The summed E-state index contributed by atoms with van der Waals surface area (Å²) >= 11 is 10.4. The number of hydrogen-bond acceptors (Lipinski definition) is 4. The molecule has 1 saturated carbocycles. The quantitative estimate of drug-likeness (QED) is 0.191. The number of carbonyl (C=O) groups excluding carboxylic acids is 2. The molecule has 2 aromatic rings. The first-order chi connectivity index (χ1) is 14.9. The van der Waals surface area contributed by atoms with E-state index < -0.39 is 0 Å². The summed E-state index contributed by atoms with van der Waals surface area (Å²) in [5.41, 5.74) is 1.84. The fourth-order valence-corrected chi connectivity index (χ4v) is 6.91. The van der Waals surface area contributed by atoms with Crippen LogP contribution in [-0.4, -0.2) is 23.0 Å². The monoisotopic (exact) mass is 658 g/mol. The van der Waals surface area contributed by atoms with E-state index in [1.807, 2.05) is 36.4 Å². The molecule has 4 atom stereocenters. The van der Waals surface area contributed by atoms with Gasteiger partial charge in [0, 0.05) is 5.02 Å². The Morgan fingerprint density at radius 2 is 1.61 bits per heavy atom. The van der Waals surface area contributed by atoms with Crippen molar-refractivity contribution >= 4 is 74.8 Å². The second kappa shape index (κ2) is 8.47. The van der Waals surface area contributed by atoms with Gasteiger partial charge in [0.1, 0.15) is 12.4 Å². The number of hydrogen-bond donors (Lipinski definition) is 0. The molecule has 1 aliphatic heterocycles. The van der Waals surface area contributed by atoms with Crippen molar-refractivity contribution in [3.05, 3.63) is 71.8 Å². The molecule has 2 amide bonds. The molecule has 0 spiro atoms. The summed E-state index contributed by atoms with van der Waals surface area (Å²) in [5, 5.41) is 6.04. The lowest BCUT2D eigenvalue weighted by atomic mass is 9.85. The number of allylic oxidation sites excluding steroid dienone is 2. The molecular weight excluding hydrogens is 642 g/mol. The maximum absolute atomic E-state index is 12.8. The Balaban J connectivity index is 1.30. The van der Waals surface area contributed by atoms with Crippen LogP contribution in [0, 0.1) is 30.8 Å². The second-order valence-electron chi connectivity index (χ2n) is 7.96. The number of nitrogens with zero attached hydrogens (tertiary/aromatic N) is 2. The number of ether oxygens (including phenoxy) is 1. The Morgan fingerprint density at radius 1 is 1.03 bits per heavy atom. The summed E-state index contributed by atoms with van der Waals surface area (Å²) in [6, 6.07) is 11.4. The maximum Gasteiger partial charge on any atom is 0.254 e. The third-order valence-electron chi connectivity index (χ3n) is 6.09. The molecule has 2 bridgehead atoms. The van der Waals surface area contributed by atoms with E-state index >= 15 is 0 Å². The van der Waals surface area contributed by atoms with Gasteiger partial charge in [-0.2, -0.15) is 10.1 Å². The van der Waals surface area contributed by atoms with Gasteiger partial charge in [-0.3, -0.25) is 9.59 Å². The molecule has 2 fully saturated rings. The number of rotatable bonds is 5. The summed E-state index contributed by atoms with van der Waals surface area (Å²) in [6.07, 6.45) is 6.66. The Morgan fingerprint density at radius 3 is 2.19 bits per heavy atom. The zero-order valence-corrected chi connectivity index (χ0v) is 21.2. The van der Waals surface area contributed by atoms with Gasteiger partial charge in [0.15, 0.2) is 0 Å². The van der Waals surface area contributed by atoms with Gasteiger partial charge in [-0.1, -0.05) is 35.9 Å². The number of imide groups is 1. The molecule has 2 aliphatic carbocycles. The minimum absolute atomic E-state index is 0.171. The fourth-order valence-electron chi connectivity index (χ4n) is 4.65. The lowest BCUT2D eigenvalue weighted by Crippen LogP contribution is -2.28. The summed E-state index contributed by atoms with van der Waals surface area (Å²) in [4.78, 5) is 25.5. The van der Waals surface area contributed by atoms with Crippen molar-refractivity contribution in [2.24, 2.45) is 28.8 Å². The zero-order valence-electron chi connectivity index (χ0n) is 16.2. The van der Waals surface area contributed by atoms with Crippen LogP contribution in [0.15, 0.2) is 53.7 Å². The minimum Gasteiger partial charge on any atom is -0.487 e. The first-order valence-electron chi connectivity index (χ1n) is 9.89. The number of halogens is 3. The van der Waals surface area contributed by atoms with Gasteiger partial charge >= 0.3 is 0 Å². The van der Waals surface area contributed by atoms with E-state index in [0.717, 1.165) is 35.4 Å². The molecule has 1 heterocycles. The first-order valence-corrected chi connectivity index (χ1v) is 12.4. The normalized spacial score (nSPS) is 26.4. The van der Waals surface area contributed by atoms with Crippen molar-refractivity contribution < 1.29 is 14.3 Å². The van der Waals surface area contributed by atoms with E-state index in [-0.39, 0.29) is 35.5 Å². The van der Waals surface area contributed by atoms with Crippen LogP contribution in [0.2, 0.25) is 5.02 Å². The first kappa shape index (κ1) is 21.4. The van der Waals surface area contributed by atoms with Gasteiger partial charge in [0.25, 0.3) is 11.8 Å². The van der Waals surface area contributed by atoms with E-state index in [0.29, 0.717) is 11.6 Å². The maximum atomic E-state index is 12.8. The van der Waals surface area contributed by atoms with Gasteiger partial charge in [0.05, 0.1) is 25.2 Å². The van der Waals surface area contributed by atoms with Crippen molar-refractivity contribution in [2.45, 2.75) is 13.0 Å².